The lowest BCUT2D eigenvalue weighted by Crippen LogP contribution is -2.35. The number of ether oxygens (including phenoxy) is 1. The molecular formula is C16H24ClNO. The zero-order chi connectivity index (χ0) is 14.5. The molecule has 2 nitrogen and oxygen atoms in total. The molecule has 0 atom stereocenters. The Balaban J connectivity index is 2.74. The van der Waals surface area contributed by atoms with Crippen molar-refractivity contribution in [2.24, 2.45) is 0 Å². The molecule has 0 aliphatic carbocycles. The van der Waals surface area contributed by atoms with Crippen LogP contribution < -0.4 is 10.1 Å². The number of hydrogen-bond acceptors (Lipinski definition) is 2. The third kappa shape index (κ3) is 6.13. The minimum Gasteiger partial charge on any atom is -0.491 e. The molecule has 0 aromatic heterocycles. The third-order valence-electron chi connectivity index (χ3n) is 2.63. The molecule has 0 unspecified atom stereocenters. The molecule has 0 aliphatic heterocycles. The van der Waals surface area contributed by atoms with Gasteiger partial charge in [0.15, 0.2) is 0 Å². The van der Waals surface area contributed by atoms with E-state index >= 15 is 0 Å². The zero-order valence-corrected chi connectivity index (χ0v) is 13.1. The van der Waals surface area contributed by atoms with Crippen LogP contribution in [-0.4, -0.2) is 12.1 Å². The van der Waals surface area contributed by atoms with Crippen LogP contribution in [-0.2, 0) is 6.54 Å². The van der Waals surface area contributed by atoms with E-state index in [2.05, 4.69) is 32.7 Å². The van der Waals surface area contributed by atoms with Gasteiger partial charge in [0.2, 0.25) is 0 Å². The summed E-state index contributed by atoms with van der Waals surface area (Å²) in [7, 11) is 0. The molecule has 1 N–H and O–H groups in total. The summed E-state index contributed by atoms with van der Waals surface area (Å²) >= 11 is 6.22. The molecular weight excluding hydrogens is 258 g/mol. The molecule has 0 bridgehead atoms. The van der Waals surface area contributed by atoms with Crippen molar-refractivity contribution in [2.45, 2.75) is 46.2 Å². The maximum absolute atomic E-state index is 6.22. The standard InChI is InChI=1S/C16H24ClNO/c1-12(2)9-10-19-15-13(7-6-8-14(15)17)11-18-16(3,4)5/h6-8,18H,1,9-11H2,2-5H3. The zero-order valence-electron chi connectivity index (χ0n) is 12.3. The van der Waals surface area contributed by atoms with E-state index in [4.69, 9.17) is 16.3 Å². The van der Waals surface area contributed by atoms with Gasteiger partial charge in [0.05, 0.1) is 11.6 Å². The van der Waals surface area contributed by atoms with Crippen LogP contribution >= 0.6 is 11.6 Å². The molecule has 0 spiro atoms. The second-order valence-corrected chi connectivity index (χ2v) is 6.29. The molecule has 1 aromatic carbocycles. The van der Waals surface area contributed by atoms with Crippen LogP contribution in [0, 0.1) is 0 Å². The van der Waals surface area contributed by atoms with E-state index in [1.54, 1.807) is 0 Å². The van der Waals surface area contributed by atoms with Gasteiger partial charge in [0.25, 0.3) is 0 Å². The Morgan fingerprint density at radius 3 is 2.63 bits per heavy atom. The van der Waals surface area contributed by atoms with E-state index in [1.165, 1.54) is 0 Å². The van der Waals surface area contributed by atoms with Gasteiger partial charge in [-0.25, -0.2) is 0 Å². The first kappa shape index (κ1) is 16.1. The molecule has 0 aliphatic rings. The highest BCUT2D eigenvalue weighted by Crippen LogP contribution is 2.29. The highest BCUT2D eigenvalue weighted by molar-refractivity contribution is 6.32. The van der Waals surface area contributed by atoms with Crippen LogP contribution in [0.2, 0.25) is 5.02 Å². The van der Waals surface area contributed by atoms with Crippen LogP contribution in [0.3, 0.4) is 0 Å². The number of para-hydroxylation sites is 1. The lowest BCUT2D eigenvalue weighted by Gasteiger charge is -2.22. The van der Waals surface area contributed by atoms with Crippen molar-refractivity contribution in [3.05, 3.63) is 40.9 Å². The van der Waals surface area contributed by atoms with Gasteiger partial charge in [-0.2, -0.15) is 0 Å². The van der Waals surface area contributed by atoms with Crippen LogP contribution in [0.1, 0.15) is 39.7 Å². The summed E-state index contributed by atoms with van der Waals surface area (Å²) in [6, 6.07) is 5.85. The topological polar surface area (TPSA) is 21.3 Å². The third-order valence-corrected chi connectivity index (χ3v) is 2.93. The second-order valence-electron chi connectivity index (χ2n) is 5.89. The van der Waals surface area contributed by atoms with E-state index in [1.807, 2.05) is 25.1 Å². The van der Waals surface area contributed by atoms with Gasteiger partial charge in [-0.1, -0.05) is 29.3 Å². The van der Waals surface area contributed by atoms with Crippen molar-refractivity contribution >= 4 is 11.6 Å². The number of halogens is 1. The lowest BCUT2D eigenvalue weighted by atomic mass is 10.1. The van der Waals surface area contributed by atoms with Gasteiger partial charge in [0, 0.05) is 24.1 Å². The summed E-state index contributed by atoms with van der Waals surface area (Å²) in [5.74, 6) is 0.780. The Kier molecular flexibility index (Phi) is 5.89. The molecule has 0 amide bonds. The maximum atomic E-state index is 6.22. The first-order chi connectivity index (χ1) is 8.79. The van der Waals surface area contributed by atoms with Gasteiger partial charge in [0.1, 0.15) is 5.75 Å². The fourth-order valence-electron chi connectivity index (χ4n) is 1.54. The highest BCUT2D eigenvalue weighted by atomic mass is 35.5. The van der Waals surface area contributed by atoms with Crippen molar-refractivity contribution in [3.8, 4) is 5.75 Å². The van der Waals surface area contributed by atoms with Crippen LogP contribution in [0.4, 0.5) is 0 Å². The molecule has 0 saturated heterocycles. The SMILES string of the molecule is C=C(C)CCOc1c(Cl)cccc1CNC(C)(C)C. The minimum absolute atomic E-state index is 0.0668. The van der Waals surface area contributed by atoms with Gasteiger partial charge in [-0.3, -0.25) is 0 Å². The summed E-state index contributed by atoms with van der Waals surface area (Å²) in [6.45, 7) is 13.6. The number of rotatable bonds is 6. The molecule has 0 radical (unpaired) electrons. The van der Waals surface area contributed by atoms with E-state index < -0.39 is 0 Å². The molecule has 19 heavy (non-hydrogen) atoms. The van der Waals surface area contributed by atoms with Crippen molar-refractivity contribution in [3.63, 3.8) is 0 Å². The Bertz CT molecular complexity index is 435. The van der Waals surface area contributed by atoms with E-state index in [-0.39, 0.29) is 5.54 Å². The predicted molar refractivity (Wildman–Crippen MR) is 83.0 cm³/mol. The van der Waals surface area contributed by atoms with E-state index in [0.717, 1.165) is 29.9 Å². The van der Waals surface area contributed by atoms with Crippen molar-refractivity contribution in [1.29, 1.82) is 0 Å². The van der Waals surface area contributed by atoms with Crippen molar-refractivity contribution in [1.82, 2.24) is 5.32 Å². The van der Waals surface area contributed by atoms with E-state index in [0.29, 0.717) is 11.6 Å². The van der Waals surface area contributed by atoms with Gasteiger partial charge in [-0.15, -0.1) is 6.58 Å². The first-order valence-electron chi connectivity index (χ1n) is 6.59. The molecule has 106 valence electrons. The Morgan fingerprint density at radius 1 is 1.37 bits per heavy atom. The summed E-state index contributed by atoms with van der Waals surface area (Å²) in [4.78, 5) is 0. The predicted octanol–water partition coefficient (Wildman–Crippen LogP) is 4.57. The maximum Gasteiger partial charge on any atom is 0.142 e. The van der Waals surface area contributed by atoms with Crippen molar-refractivity contribution < 1.29 is 4.74 Å². The van der Waals surface area contributed by atoms with Gasteiger partial charge in [-0.05, 0) is 33.8 Å². The normalized spacial score (nSPS) is 11.4. The van der Waals surface area contributed by atoms with Crippen LogP contribution in [0.25, 0.3) is 0 Å². The van der Waals surface area contributed by atoms with Crippen LogP contribution in [0.15, 0.2) is 30.4 Å². The number of nitrogens with one attached hydrogen (secondary N) is 1. The second kappa shape index (κ2) is 6.97. The molecule has 1 aromatic rings. The quantitative estimate of drug-likeness (QED) is 0.771. The fourth-order valence-corrected chi connectivity index (χ4v) is 1.79. The first-order valence-corrected chi connectivity index (χ1v) is 6.97. The van der Waals surface area contributed by atoms with Gasteiger partial charge >= 0.3 is 0 Å². The van der Waals surface area contributed by atoms with Crippen molar-refractivity contribution in [2.75, 3.05) is 6.61 Å². The molecule has 0 fully saturated rings. The monoisotopic (exact) mass is 281 g/mol. The Morgan fingerprint density at radius 2 is 2.05 bits per heavy atom. The molecule has 1 rings (SSSR count). The number of benzene rings is 1. The fraction of sp³-hybridized carbons (Fsp3) is 0.500. The summed E-state index contributed by atoms with van der Waals surface area (Å²) in [5, 5.41) is 4.11. The largest absolute Gasteiger partial charge is 0.491 e. The highest BCUT2D eigenvalue weighted by Gasteiger charge is 2.13. The molecule has 0 saturated carbocycles. The minimum atomic E-state index is 0.0668. The average molecular weight is 282 g/mol. The Labute approximate surface area is 121 Å². The lowest BCUT2D eigenvalue weighted by molar-refractivity contribution is 0.315. The summed E-state index contributed by atoms with van der Waals surface area (Å²) < 4.78 is 5.81. The summed E-state index contributed by atoms with van der Waals surface area (Å²) in [6.07, 6.45) is 0.845. The van der Waals surface area contributed by atoms with Crippen LogP contribution in [0.5, 0.6) is 5.75 Å². The molecule has 0 heterocycles. The average Bonchev–Trinajstić information content (AvgIpc) is 2.27. The van der Waals surface area contributed by atoms with Gasteiger partial charge < -0.3 is 10.1 Å². The molecule has 3 heteroatoms. The van der Waals surface area contributed by atoms with E-state index in [9.17, 15) is 0 Å². The summed E-state index contributed by atoms with van der Waals surface area (Å²) in [5.41, 5.74) is 2.27. The smallest absolute Gasteiger partial charge is 0.142 e. The number of hydrogen-bond donors (Lipinski definition) is 1. The Hall–Kier alpha value is -0.990.